The Kier molecular flexibility index (Phi) is 7.52. The zero-order valence-corrected chi connectivity index (χ0v) is 13.4. The molecule has 0 aromatic heterocycles. The first-order chi connectivity index (χ1) is 9.12. The predicted octanol–water partition coefficient (Wildman–Crippen LogP) is 4.45. The Morgan fingerprint density at radius 1 is 1.05 bits per heavy atom. The molecule has 0 spiro atoms. The van der Waals surface area contributed by atoms with Crippen molar-refractivity contribution >= 4 is 0 Å². The van der Waals surface area contributed by atoms with E-state index >= 15 is 0 Å². The summed E-state index contributed by atoms with van der Waals surface area (Å²) in [6.07, 6.45) is 14.3. The lowest BCUT2D eigenvalue weighted by atomic mass is 9.86. The topological polar surface area (TPSA) is 29.3 Å². The maximum atomic E-state index is 5.97. The number of nitrogens with two attached hydrogens (primary N) is 1. The molecular formula is C17H34N2. The highest BCUT2D eigenvalue weighted by molar-refractivity contribution is 5.10. The van der Waals surface area contributed by atoms with Gasteiger partial charge in [0, 0.05) is 24.3 Å². The van der Waals surface area contributed by atoms with E-state index in [-0.39, 0.29) is 0 Å². The van der Waals surface area contributed by atoms with E-state index in [1.165, 1.54) is 57.8 Å². The van der Waals surface area contributed by atoms with Gasteiger partial charge >= 0.3 is 0 Å². The van der Waals surface area contributed by atoms with Crippen molar-refractivity contribution in [2.24, 2.45) is 5.73 Å². The molecule has 19 heavy (non-hydrogen) atoms. The Labute approximate surface area is 120 Å². The Bertz CT molecular complexity index is 272. The van der Waals surface area contributed by atoms with Gasteiger partial charge in [0.05, 0.1) is 0 Å². The van der Waals surface area contributed by atoms with E-state index < -0.39 is 0 Å². The fraction of sp³-hybridized carbons (Fsp3) is 0.882. The molecule has 0 aromatic rings. The Morgan fingerprint density at radius 3 is 2.16 bits per heavy atom. The molecule has 1 unspecified atom stereocenters. The van der Waals surface area contributed by atoms with Crippen LogP contribution >= 0.6 is 0 Å². The summed E-state index contributed by atoms with van der Waals surface area (Å²) in [5.74, 6) is 0. The molecular weight excluding hydrogens is 232 g/mol. The van der Waals surface area contributed by atoms with Gasteiger partial charge in [0.1, 0.15) is 0 Å². The van der Waals surface area contributed by atoms with Crippen molar-refractivity contribution in [1.29, 1.82) is 0 Å². The zero-order chi connectivity index (χ0) is 14.1. The second-order valence-electron chi connectivity index (χ2n) is 6.42. The van der Waals surface area contributed by atoms with Crippen LogP contribution in [0.1, 0.15) is 78.6 Å². The average Bonchev–Trinajstić information content (AvgIpc) is 2.82. The van der Waals surface area contributed by atoms with Crippen LogP contribution in [0.15, 0.2) is 11.8 Å². The van der Waals surface area contributed by atoms with Gasteiger partial charge in [0.2, 0.25) is 0 Å². The van der Waals surface area contributed by atoms with Gasteiger partial charge in [0.15, 0.2) is 0 Å². The van der Waals surface area contributed by atoms with Gasteiger partial charge < -0.3 is 5.73 Å². The number of nitrogens with zero attached hydrogens (tertiary/aromatic N) is 1. The van der Waals surface area contributed by atoms with E-state index in [2.05, 4.69) is 31.7 Å². The highest BCUT2D eigenvalue weighted by Gasteiger charge is 2.32. The molecule has 0 amide bonds. The summed E-state index contributed by atoms with van der Waals surface area (Å²) in [5.41, 5.74) is 7.40. The normalized spacial score (nSPS) is 19.4. The quantitative estimate of drug-likeness (QED) is 0.592. The Balaban J connectivity index is 2.46. The van der Waals surface area contributed by atoms with Gasteiger partial charge in [-0.2, -0.15) is 0 Å². The van der Waals surface area contributed by atoms with Gasteiger partial charge in [-0.1, -0.05) is 64.9 Å². The van der Waals surface area contributed by atoms with Gasteiger partial charge in [-0.25, -0.2) is 0 Å². The summed E-state index contributed by atoms with van der Waals surface area (Å²) in [5, 5.41) is 0. The SMILES string of the molecule is CCCCCCC(C)(CCCCC)N1CC=C(N)C1. The molecule has 2 nitrogen and oxygen atoms in total. The molecule has 0 bridgehead atoms. The molecule has 112 valence electrons. The number of unbranched alkanes of at least 4 members (excludes halogenated alkanes) is 5. The summed E-state index contributed by atoms with van der Waals surface area (Å²) in [7, 11) is 0. The van der Waals surface area contributed by atoms with E-state index in [0.717, 1.165) is 18.8 Å². The summed E-state index contributed by atoms with van der Waals surface area (Å²) >= 11 is 0. The summed E-state index contributed by atoms with van der Waals surface area (Å²) in [4.78, 5) is 2.60. The van der Waals surface area contributed by atoms with E-state index in [4.69, 9.17) is 5.73 Å². The summed E-state index contributed by atoms with van der Waals surface area (Å²) in [6.45, 7) is 9.07. The molecule has 0 aliphatic carbocycles. The Hall–Kier alpha value is -0.500. The van der Waals surface area contributed by atoms with E-state index in [0.29, 0.717) is 5.54 Å². The van der Waals surface area contributed by atoms with E-state index in [9.17, 15) is 0 Å². The third kappa shape index (κ3) is 5.56. The molecule has 2 N–H and O–H groups in total. The molecule has 0 fully saturated rings. The van der Waals surface area contributed by atoms with Crippen LogP contribution in [0, 0.1) is 0 Å². The zero-order valence-electron chi connectivity index (χ0n) is 13.4. The minimum Gasteiger partial charge on any atom is -0.401 e. The van der Waals surface area contributed by atoms with Gasteiger partial charge in [-0.15, -0.1) is 0 Å². The minimum atomic E-state index is 0.362. The molecule has 1 heterocycles. The molecule has 1 aliphatic heterocycles. The van der Waals surface area contributed by atoms with Crippen LogP contribution in [0.5, 0.6) is 0 Å². The summed E-state index contributed by atoms with van der Waals surface area (Å²) in [6, 6.07) is 0. The fourth-order valence-corrected chi connectivity index (χ4v) is 3.12. The highest BCUT2D eigenvalue weighted by Crippen LogP contribution is 2.31. The van der Waals surface area contributed by atoms with Gasteiger partial charge in [-0.3, -0.25) is 4.90 Å². The van der Waals surface area contributed by atoms with Crippen molar-refractivity contribution in [3.8, 4) is 0 Å². The van der Waals surface area contributed by atoms with Crippen molar-refractivity contribution in [1.82, 2.24) is 4.90 Å². The third-order valence-electron chi connectivity index (χ3n) is 4.60. The second-order valence-corrected chi connectivity index (χ2v) is 6.42. The maximum Gasteiger partial charge on any atom is 0.0385 e. The highest BCUT2D eigenvalue weighted by atomic mass is 15.2. The molecule has 0 radical (unpaired) electrons. The largest absolute Gasteiger partial charge is 0.401 e. The minimum absolute atomic E-state index is 0.362. The fourth-order valence-electron chi connectivity index (χ4n) is 3.12. The standard InChI is InChI=1S/C17H34N2/c1-4-6-8-10-13-17(3,12-9-7-5-2)19-14-11-16(18)15-19/h11H,4-10,12-15,18H2,1-3H3. The molecule has 0 aromatic carbocycles. The predicted molar refractivity (Wildman–Crippen MR) is 85.1 cm³/mol. The third-order valence-corrected chi connectivity index (χ3v) is 4.60. The van der Waals surface area contributed by atoms with Crippen molar-refractivity contribution in [3.63, 3.8) is 0 Å². The molecule has 1 aliphatic rings. The van der Waals surface area contributed by atoms with Crippen molar-refractivity contribution in [3.05, 3.63) is 11.8 Å². The maximum absolute atomic E-state index is 5.97. The van der Waals surface area contributed by atoms with Gasteiger partial charge in [0.25, 0.3) is 0 Å². The molecule has 2 heteroatoms. The average molecular weight is 266 g/mol. The smallest absolute Gasteiger partial charge is 0.0385 e. The van der Waals surface area contributed by atoms with Crippen LogP contribution in [0.4, 0.5) is 0 Å². The van der Waals surface area contributed by atoms with E-state index in [1.807, 2.05) is 0 Å². The van der Waals surface area contributed by atoms with Crippen LogP contribution in [0.2, 0.25) is 0 Å². The second kappa shape index (κ2) is 8.63. The number of hydrogen-bond donors (Lipinski definition) is 1. The molecule has 1 atom stereocenters. The monoisotopic (exact) mass is 266 g/mol. The van der Waals surface area contributed by atoms with Crippen LogP contribution in [0.25, 0.3) is 0 Å². The van der Waals surface area contributed by atoms with Crippen molar-refractivity contribution in [2.75, 3.05) is 13.1 Å². The molecule has 1 rings (SSSR count). The molecule has 0 saturated heterocycles. The van der Waals surface area contributed by atoms with Crippen molar-refractivity contribution in [2.45, 2.75) is 84.1 Å². The van der Waals surface area contributed by atoms with E-state index in [1.54, 1.807) is 0 Å². The van der Waals surface area contributed by atoms with Crippen LogP contribution < -0.4 is 5.73 Å². The molecule has 0 saturated carbocycles. The number of rotatable bonds is 10. The Morgan fingerprint density at radius 2 is 1.63 bits per heavy atom. The number of hydrogen-bond acceptors (Lipinski definition) is 2. The van der Waals surface area contributed by atoms with Gasteiger partial charge in [-0.05, 0) is 19.8 Å². The lowest BCUT2D eigenvalue weighted by molar-refractivity contribution is 0.112. The lowest BCUT2D eigenvalue weighted by Gasteiger charge is -2.39. The lowest BCUT2D eigenvalue weighted by Crippen LogP contribution is -2.45. The van der Waals surface area contributed by atoms with Crippen LogP contribution in [0.3, 0.4) is 0 Å². The van der Waals surface area contributed by atoms with Crippen LogP contribution in [-0.4, -0.2) is 23.5 Å². The first kappa shape index (κ1) is 16.6. The van der Waals surface area contributed by atoms with Crippen molar-refractivity contribution < 1.29 is 0 Å². The van der Waals surface area contributed by atoms with Crippen LogP contribution in [-0.2, 0) is 0 Å². The first-order valence-corrected chi connectivity index (χ1v) is 8.32. The first-order valence-electron chi connectivity index (χ1n) is 8.32. The summed E-state index contributed by atoms with van der Waals surface area (Å²) < 4.78 is 0.